The van der Waals surface area contributed by atoms with Crippen LogP contribution in [0.15, 0.2) is 0 Å². The van der Waals surface area contributed by atoms with Gasteiger partial charge in [0, 0.05) is 32.7 Å². The Bertz CT molecular complexity index is 257. The average Bonchev–Trinajstić information content (AvgIpc) is 3.05. The molecule has 1 aliphatic carbocycles. The molecule has 4 nitrogen and oxygen atoms in total. The van der Waals surface area contributed by atoms with Crippen molar-refractivity contribution in [2.75, 3.05) is 32.7 Å². The van der Waals surface area contributed by atoms with Crippen LogP contribution in [0.2, 0.25) is 0 Å². The quantitative estimate of drug-likeness (QED) is 0.718. The molecule has 2 aliphatic rings. The van der Waals surface area contributed by atoms with E-state index in [1.807, 2.05) is 6.92 Å². The van der Waals surface area contributed by atoms with Gasteiger partial charge in [0.05, 0.1) is 6.04 Å². The first kappa shape index (κ1) is 11.9. The molecular weight excluding hydrogens is 202 g/mol. The highest BCUT2D eigenvalue weighted by Gasteiger charge is 2.37. The molecule has 1 aliphatic heterocycles. The first-order valence-electron chi connectivity index (χ1n) is 6.33. The molecule has 0 aromatic carbocycles. The summed E-state index contributed by atoms with van der Waals surface area (Å²) in [4.78, 5) is 14.2. The molecule has 0 spiro atoms. The maximum Gasteiger partial charge on any atom is 0.237 e. The normalized spacial score (nSPS) is 26.1. The number of nitrogens with one attached hydrogen (secondary N) is 2. The standard InChI is InChI=1S/C12H23N3O/c1-10(15-7-5-13-6-8-15)11(16)14-9-12(2)3-4-12/h10,13H,3-9H2,1-2H3,(H,14,16). The zero-order valence-electron chi connectivity index (χ0n) is 10.4. The van der Waals surface area contributed by atoms with Gasteiger partial charge in [0.2, 0.25) is 5.91 Å². The van der Waals surface area contributed by atoms with Gasteiger partial charge in [-0.1, -0.05) is 6.92 Å². The lowest BCUT2D eigenvalue weighted by molar-refractivity contribution is -0.126. The van der Waals surface area contributed by atoms with Crippen molar-refractivity contribution >= 4 is 5.91 Å². The smallest absolute Gasteiger partial charge is 0.237 e. The minimum atomic E-state index is 0.0180. The minimum Gasteiger partial charge on any atom is -0.354 e. The number of hydrogen-bond donors (Lipinski definition) is 2. The highest BCUT2D eigenvalue weighted by atomic mass is 16.2. The Labute approximate surface area is 97.8 Å². The molecule has 2 N–H and O–H groups in total. The third-order valence-electron chi connectivity index (χ3n) is 3.87. The number of amides is 1. The number of nitrogens with zero attached hydrogens (tertiary/aromatic N) is 1. The van der Waals surface area contributed by atoms with Crippen LogP contribution in [0.1, 0.15) is 26.7 Å². The topological polar surface area (TPSA) is 44.4 Å². The van der Waals surface area contributed by atoms with Gasteiger partial charge in [-0.05, 0) is 25.2 Å². The Kier molecular flexibility index (Phi) is 3.50. The van der Waals surface area contributed by atoms with Gasteiger partial charge in [-0.3, -0.25) is 9.69 Å². The van der Waals surface area contributed by atoms with Crippen LogP contribution in [0.4, 0.5) is 0 Å². The minimum absolute atomic E-state index is 0.0180. The number of piperazine rings is 1. The highest BCUT2D eigenvalue weighted by molar-refractivity contribution is 5.81. The highest BCUT2D eigenvalue weighted by Crippen LogP contribution is 2.44. The lowest BCUT2D eigenvalue weighted by Crippen LogP contribution is -2.53. The van der Waals surface area contributed by atoms with Gasteiger partial charge >= 0.3 is 0 Å². The first-order valence-corrected chi connectivity index (χ1v) is 6.33. The van der Waals surface area contributed by atoms with Crippen LogP contribution in [0.3, 0.4) is 0 Å². The maximum absolute atomic E-state index is 11.9. The Morgan fingerprint density at radius 1 is 1.44 bits per heavy atom. The molecule has 1 amide bonds. The maximum atomic E-state index is 11.9. The fourth-order valence-electron chi connectivity index (χ4n) is 2.07. The van der Waals surface area contributed by atoms with Gasteiger partial charge in [-0.15, -0.1) is 0 Å². The lowest BCUT2D eigenvalue weighted by Gasteiger charge is -2.32. The van der Waals surface area contributed by atoms with Gasteiger partial charge in [0.15, 0.2) is 0 Å². The third kappa shape index (κ3) is 2.95. The Morgan fingerprint density at radius 3 is 2.62 bits per heavy atom. The van der Waals surface area contributed by atoms with Crippen molar-refractivity contribution < 1.29 is 4.79 Å². The summed E-state index contributed by atoms with van der Waals surface area (Å²) in [5, 5.41) is 6.38. The van der Waals surface area contributed by atoms with E-state index in [2.05, 4.69) is 22.5 Å². The van der Waals surface area contributed by atoms with Crippen molar-refractivity contribution in [2.45, 2.75) is 32.7 Å². The molecule has 1 saturated heterocycles. The van der Waals surface area contributed by atoms with Crippen molar-refractivity contribution in [3.63, 3.8) is 0 Å². The van der Waals surface area contributed by atoms with Crippen molar-refractivity contribution in [3.8, 4) is 0 Å². The average molecular weight is 225 g/mol. The summed E-state index contributed by atoms with van der Waals surface area (Å²) in [6.07, 6.45) is 2.52. The summed E-state index contributed by atoms with van der Waals surface area (Å²) in [7, 11) is 0. The molecule has 2 rings (SSSR count). The molecular formula is C12H23N3O. The van der Waals surface area contributed by atoms with Gasteiger partial charge < -0.3 is 10.6 Å². The van der Waals surface area contributed by atoms with Crippen LogP contribution in [0.25, 0.3) is 0 Å². The molecule has 1 unspecified atom stereocenters. The van der Waals surface area contributed by atoms with E-state index in [4.69, 9.17) is 0 Å². The van der Waals surface area contributed by atoms with Gasteiger partial charge in [0.25, 0.3) is 0 Å². The van der Waals surface area contributed by atoms with Crippen LogP contribution in [0.5, 0.6) is 0 Å². The van der Waals surface area contributed by atoms with E-state index in [0.29, 0.717) is 5.41 Å². The molecule has 0 aromatic rings. The first-order chi connectivity index (χ1) is 7.61. The number of hydrogen-bond acceptors (Lipinski definition) is 3. The van der Waals surface area contributed by atoms with E-state index >= 15 is 0 Å². The van der Waals surface area contributed by atoms with E-state index in [1.165, 1.54) is 12.8 Å². The van der Waals surface area contributed by atoms with E-state index in [1.54, 1.807) is 0 Å². The van der Waals surface area contributed by atoms with Crippen LogP contribution in [-0.4, -0.2) is 49.6 Å². The molecule has 1 heterocycles. The SMILES string of the molecule is CC(C(=O)NCC1(C)CC1)N1CCNCC1. The Balaban J connectivity index is 1.74. The zero-order valence-corrected chi connectivity index (χ0v) is 10.4. The van der Waals surface area contributed by atoms with Crippen molar-refractivity contribution in [1.82, 2.24) is 15.5 Å². The van der Waals surface area contributed by atoms with E-state index < -0.39 is 0 Å². The fraction of sp³-hybridized carbons (Fsp3) is 0.917. The van der Waals surface area contributed by atoms with Crippen molar-refractivity contribution in [1.29, 1.82) is 0 Å². The molecule has 0 bridgehead atoms. The second kappa shape index (κ2) is 4.72. The molecule has 0 radical (unpaired) electrons. The summed E-state index contributed by atoms with van der Waals surface area (Å²) >= 11 is 0. The lowest BCUT2D eigenvalue weighted by atomic mass is 10.1. The Hall–Kier alpha value is -0.610. The monoisotopic (exact) mass is 225 g/mol. The van der Waals surface area contributed by atoms with Gasteiger partial charge in [0.1, 0.15) is 0 Å². The predicted octanol–water partition coefficient (Wildman–Crippen LogP) is 0.196. The molecule has 92 valence electrons. The van der Waals surface area contributed by atoms with E-state index in [0.717, 1.165) is 32.7 Å². The summed E-state index contributed by atoms with van der Waals surface area (Å²) < 4.78 is 0. The summed E-state index contributed by atoms with van der Waals surface area (Å²) in [6.45, 7) is 9.04. The fourth-order valence-corrected chi connectivity index (χ4v) is 2.07. The van der Waals surface area contributed by atoms with E-state index in [-0.39, 0.29) is 11.9 Å². The third-order valence-corrected chi connectivity index (χ3v) is 3.87. The second-order valence-corrected chi connectivity index (χ2v) is 5.49. The van der Waals surface area contributed by atoms with Crippen molar-refractivity contribution in [2.24, 2.45) is 5.41 Å². The molecule has 1 saturated carbocycles. The summed E-state index contributed by atoms with van der Waals surface area (Å²) in [5.74, 6) is 0.190. The molecule has 16 heavy (non-hydrogen) atoms. The zero-order chi connectivity index (χ0) is 11.6. The van der Waals surface area contributed by atoms with E-state index in [9.17, 15) is 4.79 Å². The molecule has 4 heteroatoms. The Morgan fingerprint density at radius 2 is 2.06 bits per heavy atom. The van der Waals surface area contributed by atoms with Crippen LogP contribution in [0, 0.1) is 5.41 Å². The van der Waals surface area contributed by atoms with Crippen LogP contribution in [-0.2, 0) is 4.79 Å². The molecule has 1 atom stereocenters. The molecule has 2 fully saturated rings. The largest absolute Gasteiger partial charge is 0.354 e. The van der Waals surface area contributed by atoms with Gasteiger partial charge in [-0.2, -0.15) is 0 Å². The van der Waals surface area contributed by atoms with Gasteiger partial charge in [-0.25, -0.2) is 0 Å². The number of rotatable bonds is 4. The predicted molar refractivity (Wildman–Crippen MR) is 64.3 cm³/mol. The molecule has 0 aromatic heterocycles. The van der Waals surface area contributed by atoms with Crippen molar-refractivity contribution in [3.05, 3.63) is 0 Å². The summed E-state index contributed by atoms with van der Waals surface area (Å²) in [6, 6.07) is 0.0180. The number of carbonyl (C=O) groups is 1. The summed E-state index contributed by atoms with van der Waals surface area (Å²) in [5.41, 5.74) is 0.402. The van der Waals surface area contributed by atoms with Crippen LogP contribution < -0.4 is 10.6 Å². The second-order valence-electron chi connectivity index (χ2n) is 5.49. The number of carbonyl (C=O) groups excluding carboxylic acids is 1. The van der Waals surface area contributed by atoms with Crippen LogP contribution >= 0.6 is 0 Å².